The normalized spacial score (nSPS) is 20.8. The van der Waals surface area contributed by atoms with Crippen molar-refractivity contribution in [3.63, 3.8) is 0 Å². The van der Waals surface area contributed by atoms with Gasteiger partial charge >= 0.3 is 0 Å². The minimum absolute atomic E-state index is 0.0205. The molecule has 0 unspecified atom stereocenters. The Kier molecular flexibility index (Phi) is 6.60. The Morgan fingerprint density at radius 1 is 1.08 bits per heavy atom. The average Bonchev–Trinajstić information content (AvgIpc) is 2.68. The number of rotatable bonds is 5. The van der Waals surface area contributed by atoms with E-state index in [4.69, 9.17) is 0 Å². The highest BCUT2D eigenvalue weighted by molar-refractivity contribution is 7.99. The standard InChI is InChI=1S/C18H27N3O3S2/c1-19-18(22)14-2-4-17(5-3-14)26(23,24)20-15-6-10-21(11-7-15)16-8-12-25-13-9-16/h2-5,15-16,20H,6-13H2,1H3,(H,19,22). The molecule has 2 N–H and O–H groups in total. The third kappa shape index (κ3) is 4.79. The molecular weight excluding hydrogens is 370 g/mol. The van der Waals surface area contributed by atoms with Crippen LogP contribution in [0.3, 0.4) is 0 Å². The Hall–Kier alpha value is -1.09. The van der Waals surface area contributed by atoms with Crippen LogP contribution >= 0.6 is 11.8 Å². The quantitative estimate of drug-likeness (QED) is 0.790. The summed E-state index contributed by atoms with van der Waals surface area (Å²) in [7, 11) is -2.01. The third-order valence-electron chi connectivity index (χ3n) is 5.21. The van der Waals surface area contributed by atoms with Crippen molar-refractivity contribution >= 4 is 27.7 Å². The first-order chi connectivity index (χ1) is 12.5. The fraction of sp³-hybridized carbons (Fsp3) is 0.611. The summed E-state index contributed by atoms with van der Waals surface area (Å²) in [5, 5.41) is 2.53. The van der Waals surface area contributed by atoms with Gasteiger partial charge in [0.15, 0.2) is 0 Å². The van der Waals surface area contributed by atoms with Crippen LogP contribution in [0.5, 0.6) is 0 Å². The SMILES string of the molecule is CNC(=O)c1ccc(S(=O)(=O)NC2CCN(C3CCSCC3)CC2)cc1. The van der Waals surface area contributed by atoms with E-state index in [0.29, 0.717) is 11.6 Å². The second kappa shape index (κ2) is 8.73. The number of piperidine rings is 1. The lowest BCUT2D eigenvalue weighted by Crippen LogP contribution is -2.48. The number of likely N-dealkylation sites (tertiary alicyclic amines) is 1. The molecule has 0 saturated carbocycles. The van der Waals surface area contributed by atoms with Gasteiger partial charge in [-0.05, 0) is 74.5 Å². The summed E-state index contributed by atoms with van der Waals surface area (Å²) >= 11 is 2.03. The molecule has 2 aliphatic rings. The topological polar surface area (TPSA) is 78.5 Å². The van der Waals surface area contributed by atoms with Crippen LogP contribution in [0.2, 0.25) is 0 Å². The predicted molar refractivity (Wildman–Crippen MR) is 105 cm³/mol. The smallest absolute Gasteiger partial charge is 0.251 e. The second-order valence-electron chi connectivity index (χ2n) is 6.88. The molecule has 144 valence electrons. The van der Waals surface area contributed by atoms with E-state index in [1.54, 1.807) is 7.05 Å². The molecule has 8 heteroatoms. The lowest BCUT2D eigenvalue weighted by Gasteiger charge is -2.39. The van der Waals surface area contributed by atoms with Gasteiger partial charge in [0.2, 0.25) is 10.0 Å². The van der Waals surface area contributed by atoms with Gasteiger partial charge in [0.1, 0.15) is 0 Å². The maximum atomic E-state index is 12.6. The largest absolute Gasteiger partial charge is 0.355 e. The summed E-state index contributed by atoms with van der Waals surface area (Å²) in [4.78, 5) is 14.3. The molecule has 26 heavy (non-hydrogen) atoms. The maximum Gasteiger partial charge on any atom is 0.251 e. The van der Waals surface area contributed by atoms with Gasteiger partial charge in [0.05, 0.1) is 4.90 Å². The van der Waals surface area contributed by atoms with Crippen molar-refractivity contribution < 1.29 is 13.2 Å². The summed E-state index contributed by atoms with van der Waals surface area (Å²) in [6.07, 6.45) is 4.19. The van der Waals surface area contributed by atoms with Crippen molar-refractivity contribution in [1.82, 2.24) is 14.9 Å². The molecule has 6 nitrogen and oxygen atoms in total. The number of thioether (sulfide) groups is 1. The highest BCUT2D eigenvalue weighted by atomic mass is 32.2. The number of sulfonamides is 1. The first-order valence-electron chi connectivity index (χ1n) is 9.16. The molecule has 0 radical (unpaired) electrons. The molecule has 3 rings (SSSR count). The Balaban J connectivity index is 1.55. The third-order valence-corrected chi connectivity index (χ3v) is 7.80. The monoisotopic (exact) mass is 397 g/mol. The van der Waals surface area contributed by atoms with Crippen LogP contribution in [0.1, 0.15) is 36.0 Å². The number of nitrogens with zero attached hydrogens (tertiary/aromatic N) is 1. The number of hydrogen-bond donors (Lipinski definition) is 2. The van der Waals surface area contributed by atoms with E-state index >= 15 is 0 Å². The molecule has 0 spiro atoms. The zero-order valence-corrected chi connectivity index (χ0v) is 16.7. The Morgan fingerprint density at radius 2 is 1.69 bits per heavy atom. The molecule has 2 heterocycles. The molecule has 1 aromatic rings. The maximum absolute atomic E-state index is 12.6. The van der Waals surface area contributed by atoms with E-state index in [9.17, 15) is 13.2 Å². The van der Waals surface area contributed by atoms with E-state index in [1.807, 2.05) is 11.8 Å². The summed E-state index contributed by atoms with van der Waals surface area (Å²) in [6.45, 7) is 1.91. The van der Waals surface area contributed by atoms with Gasteiger partial charge in [-0.3, -0.25) is 4.79 Å². The molecule has 0 aliphatic carbocycles. The minimum Gasteiger partial charge on any atom is -0.355 e. The Morgan fingerprint density at radius 3 is 2.27 bits per heavy atom. The van der Waals surface area contributed by atoms with E-state index < -0.39 is 10.0 Å². The highest BCUT2D eigenvalue weighted by Gasteiger charge is 2.28. The molecule has 1 amide bonds. The van der Waals surface area contributed by atoms with Crippen molar-refractivity contribution in [2.75, 3.05) is 31.6 Å². The van der Waals surface area contributed by atoms with E-state index in [1.165, 1.54) is 48.6 Å². The highest BCUT2D eigenvalue weighted by Crippen LogP contribution is 2.25. The molecule has 0 atom stereocenters. The number of hydrogen-bond acceptors (Lipinski definition) is 5. The van der Waals surface area contributed by atoms with Crippen LogP contribution in [-0.4, -0.2) is 63.0 Å². The van der Waals surface area contributed by atoms with Crippen molar-refractivity contribution in [2.24, 2.45) is 0 Å². The van der Waals surface area contributed by atoms with Gasteiger partial charge in [-0.15, -0.1) is 0 Å². The van der Waals surface area contributed by atoms with Gasteiger partial charge in [-0.25, -0.2) is 13.1 Å². The predicted octanol–water partition coefficient (Wildman–Crippen LogP) is 1.68. The van der Waals surface area contributed by atoms with Crippen LogP contribution in [0, 0.1) is 0 Å². The molecule has 2 saturated heterocycles. The molecular formula is C18H27N3O3S2. The van der Waals surface area contributed by atoms with Gasteiger partial charge in [-0.2, -0.15) is 11.8 Å². The van der Waals surface area contributed by atoms with Crippen LogP contribution < -0.4 is 10.0 Å². The molecule has 1 aromatic carbocycles. The number of carbonyl (C=O) groups is 1. The lowest BCUT2D eigenvalue weighted by atomic mass is 10.0. The number of nitrogens with one attached hydrogen (secondary N) is 2. The lowest BCUT2D eigenvalue weighted by molar-refractivity contribution is 0.0963. The first-order valence-corrected chi connectivity index (χ1v) is 11.8. The van der Waals surface area contributed by atoms with Crippen molar-refractivity contribution in [3.05, 3.63) is 29.8 Å². The summed E-state index contributed by atoms with van der Waals surface area (Å²) < 4.78 is 28.1. The molecule has 2 aliphatic heterocycles. The van der Waals surface area contributed by atoms with Crippen molar-refractivity contribution in [2.45, 2.75) is 42.7 Å². The second-order valence-corrected chi connectivity index (χ2v) is 9.82. The summed E-state index contributed by atoms with van der Waals surface area (Å²) in [6, 6.07) is 6.70. The van der Waals surface area contributed by atoms with Crippen LogP contribution in [0.25, 0.3) is 0 Å². The first kappa shape index (κ1) is 19.7. The fourth-order valence-electron chi connectivity index (χ4n) is 3.65. The van der Waals surface area contributed by atoms with E-state index in [-0.39, 0.29) is 16.8 Å². The number of carbonyl (C=O) groups excluding carboxylic acids is 1. The average molecular weight is 398 g/mol. The fourth-order valence-corrected chi connectivity index (χ4v) is 6.04. The van der Waals surface area contributed by atoms with Gasteiger partial charge in [0, 0.05) is 24.7 Å². The summed E-state index contributed by atoms with van der Waals surface area (Å²) in [5.41, 5.74) is 0.449. The van der Waals surface area contributed by atoms with Crippen molar-refractivity contribution in [1.29, 1.82) is 0 Å². The van der Waals surface area contributed by atoms with Gasteiger partial charge < -0.3 is 10.2 Å². The number of benzene rings is 1. The molecule has 2 fully saturated rings. The molecule has 0 bridgehead atoms. The summed E-state index contributed by atoms with van der Waals surface area (Å²) in [5.74, 6) is 2.25. The van der Waals surface area contributed by atoms with E-state index in [0.717, 1.165) is 25.9 Å². The van der Waals surface area contributed by atoms with Crippen LogP contribution in [0.4, 0.5) is 0 Å². The zero-order valence-electron chi connectivity index (χ0n) is 15.1. The molecule has 0 aromatic heterocycles. The van der Waals surface area contributed by atoms with E-state index in [2.05, 4.69) is 14.9 Å². The zero-order chi connectivity index (χ0) is 18.6. The van der Waals surface area contributed by atoms with Gasteiger partial charge in [-0.1, -0.05) is 0 Å². The Labute approximate surface area is 160 Å². The van der Waals surface area contributed by atoms with Gasteiger partial charge in [0.25, 0.3) is 5.91 Å². The van der Waals surface area contributed by atoms with Crippen LogP contribution in [0.15, 0.2) is 29.2 Å². The van der Waals surface area contributed by atoms with Crippen molar-refractivity contribution in [3.8, 4) is 0 Å². The minimum atomic E-state index is -3.55. The number of amides is 1. The van der Waals surface area contributed by atoms with Crippen LogP contribution in [-0.2, 0) is 10.0 Å². The Bertz CT molecular complexity index is 708.